The SMILES string of the molecule is CCOC(=O)C(CC)OC(=O)c1cc(-n2c(=O)n(C)c(=S)n(C)c2=O)c(F)cc1Cl. The van der Waals surface area contributed by atoms with Gasteiger partial charge in [0.05, 0.1) is 22.9 Å². The molecule has 2 aromatic rings. The van der Waals surface area contributed by atoms with Crippen molar-refractivity contribution in [2.24, 2.45) is 14.1 Å². The van der Waals surface area contributed by atoms with Crippen molar-refractivity contribution in [2.75, 3.05) is 6.61 Å². The van der Waals surface area contributed by atoms with Crippen molar-refractivity contribution < 1.29 is 23.5 Å². The van der Waals surface area contributed by atoms with Crippen molar-refractivity contribution in [3.05, 3.63) is 54.3 Å². The van der Waals surface area contributed by atoms with Crippen molar-refractivity contribution in [2.45, 2.75) is 26.4 Å². The Morgan fingerprint density at radius 1 is 1.17 bits per heavy atom. The highest BCUT2D eigenvalue weighted by molar-refractivity contribution is 7.71. The molecule has 1 aromatic heterocycles. The summed E-state index contributed by atoms with van der Waals surface area (Å²) >= 11 is 11.0. The number of carbonyl (C=O) groups excluding carboxylic acids is 2. The van der Waals surface area contributed by atoms with E-state index in [0.29, 0.717) is 4.57 Å². The second kappa shape index (κ2) is 9.35. The van der Waals surface area contributed by atoms with Crippen molar-refractivity contribution >= 4 is 35.8 Å². The third kappa shape index (κ3) is 4.36. The maximum absolute atomic E-state index is 14.6. The van der Waals surface area contributed by atoms with Crippen LogP contribution in [-0.4, -0.2) is 38.4 Å². The molecule has 0 aliphatic rings. The van der Waals surface area contributed by atoms with Gasteiger partial charge in [-0.15, -0.1) is 0 Å². The molecule has 162 valence electrons. The van der Waals surface area contributed by atoms with Gasteiger partial charge < -0.3 is 9.47 Å². The Bertz CT molecular complexity index is 1150. The molecule has 12 heteroatoms. The van der Waals surface area contributed by atoms with Crippen LogP contribution in [-0.2, 0) is 28.4 Å². The van der Waals surface area contributed by atoms with Crippen molar-refractivity contribution in [1.82, 2.24) is 13.7 Å². The topological polar surface area (TPSA) is 102 Å². The molecule has 0 N–H and O–H groups in total. The molecule has 1 unspecified atom stereocenters. The van der Waals surface area contributed by atoms with Crippen molar-refractivity contribution in [3.63, 3.8) is 0 Å². The summed E-state index contributed by atoms with van der Waals surface area (Å²) in [5.74, 6) is -2.81. The second-order valence-corrected chi connectivity index (χ2v) is 6.91. The quantitative estimate of drug-likeness (QED) is 0.480. The Morgan fingerprint density at radius 2 is 1.73 bits per heavy atom. The largest absolute Gasteiger partial charge is 0.463 e. The molecule has 1 aromatic carbocycles. The maximum atomic E-state index is 14.6. The smallest absolute Gasteiger partial charge is 0.347 e. The zero-order valence-corrected chi connectivity index (χ0v) is 18.2. The van der Waals surface area contributed by atoms with E-state index in [0.717, 1.165) is 21.3 Å². The number of hydrogen-bond acceptors (Lipinski definition) is 7. The van der Waals surface area contributed by atoms with E-state index in [1.54, 1.807) is 13.8 Å². The summed E-state index contributed by atoms with van der Waals surface area (Å²) in [6, 6.07) is 1.68. The summed E-state index contributed by atoms with van der Waals surface area (Å²) in [4.78, 5) is 49.5. The predicted molar refractivity (Wildman–Crippen MR) is 108 cm³/mol. The monoisotopic (exact) mass is 459 g/mol. The van der Waals surface area contributed by atoms with Gasteiger partial charge in [-0.25, -0.2) is 28.1 Å². The van der Waals surface area contributed by atoms with E-state index in [1.807, 2.05) is 0 Å². The van der Waals surface area contributed by atoms with Gasteiger partial charge in [-0.2, -0.15) is 0 Å². The third-order valence-corrected chi connectivity index (χ3v) is 5.06. The number of ether oxygens (including phenoxy) is 2. The van der Waals surface area contributed by atoms with Gasteiger partial charge in [-0.05, 0) is 37.7 Å². The molecule has 0 aliphatic heterocycles. The van der Waals surface area contributed by atoms with Gasteiger partial charge in [-0.1, -0.05) is 18.5 Å². The summed E-state index contributed by atoms with van der Waals surface area (Å²) in [5.41, 5.74) is -2.69. The van der Waals surface area contributed by atoms with Crippen LogP contribution in [0.25, 0.3) is 5.69 Å². The first-order valence-electron chi connectivity index (χ1n) is 8.81. The number of halogens is 2. The zero-order valence-electron chi connectivity index (χ0n) is 16.6. The van der Waals surface area contributed by atoms with E-state index < -0.39 is 40.9 Å². The van der Waals surface area contributed by atoms with Crippen LogP contribution in [0.3, 0.4) is 0 Å². The Morgan fingerprint density at radius 3 is 2.23 bits per heavy atom. The predicted octanol–water partition coefficient (Wildman–Crippen LogP) is 1.90. The van der Waals surface area contributed by atoms with E-state index in [-0.39, 0.29) is 28.4 Å². The van der Waals surface area contributed by atoms with Crippen LogP contribution in [0.5, 0.6) is 0 Å². The molecule has 0 radical (unpaired) electrons. The lowest BCUT2D eigenvalue weighted by atomic mass is 10.2. The number of hydrogen-bond donors (Lipinski definition) is 0. The van der Waals surface area contributed by atoms with Crippen LogP contribution in [0.15, 0.2) is 21.7 Å². The molecule has 1 heterocycles. The molecule has 0 saturated heterocycles. The van der Waals surface area contributed by atoms with Gasteiger partial charge in [0.2, 0.25) is 0 Å². The second-order valence-electron chi connectivity index (χ2n) is 6.14. The first-order valence-corrected chi connectivity index (χ1v) is 9.59. The average molecular weight is 460 g/mol. The fraction of sp³-hybridized carbons (Fsp3) is 0.389. The highest BCUT2D eigenvalue weighted by atomic mass is 35.5. The van der Waals surface area contributed by atoms with Gasteiger partial charge in [0.15, 0.2) is 10.9 Å². The molecule has 9 nitrogen and oxygen atoms in total. The Hall–Kier alpha value is -2.79. The molecule has 0 bridgehead atoms. The van der Waals surface area contributed by atoms with E-state index >= 15 is 0 Å². The van der Waals surface area contributed by atoms with Crippen LogP contribution in [0, 0.1) is 10.6 Å². The van der Waals surface area contributed by atoms with Crippen molar-refractivity contribution in [1.29, 1.82) is 0 Å². The minimum absolute atomic E-state index is 0.0736. The third-order valence-electron chi connectivity index (χ3n) is 4.20. The number of esters is 2. The van der Waals surface area contributed by atoms with Gasteiger partial charge in [0.25, 0.3) is 0 Å². The van der Waals surface area contributed by atoms with E-state index in [2.05, 4.69) is 0 Å². The molecule has 0 amide bonds. The molecule has 2 rings (SSSR count). The van der Waals surface area contributed by atoms with Gasteiger partial charge in [-0.3, -0.25) is 9.13 Å². The number of benzene rings is 1. The molecule has 0 saturated carbocycles. The summed E-state index contributed by atoms with van der Waals surface area (Å²) in [7, 11) is 2.63. The lowest BCUT2D eigenvalue weighted by molar-refractivity contribution is -0.153. The lowest BCUT2D eigenvalue weighted by Crippen LogP contribution is -2.44. The minimum Gasteiger partial charge on any atom is -0.463 e. The van der Waals surface area contributed by atoms with Gasteiger partial charge >= 0.3 is 23.3 Å². The Labute approximate surface area is 180 Å². The lowest BCUT2D eigenvalue weighted by Gasteiger charge is -2.16. The number of aromatic nitrogens is 3. The standard InChI is InChI=1S/C18H19ClFN3O6S/c1-5-13(15(25)28-6-2)29-14(24)9-7-12(11(20)8-10(9)19)23-16(26)21(3)18(30)22(4)17(23)27/h7-8,13H,5-6H2,1-4H3. The van der Waals surface area contributed by atoms with E-state index in [9.17, 15) is 23.6 Å². The fourth-order valence-electron chi connectivity index (χ4n) is 2.57. The average Bonchev–Trinajstić information content (AvgIpc) is 2.70. The van der Waals surface area contributed by atoms with Crippen molar-refractivity contribution in [3.8, 4) is 5.69 Å². The Kier molecular flexibility index (Phi) is 7.32. The Balaban J connectivity index is 2.62. The van der Waals surface area contributed by atoms with Crippen LogP contribution < -0.4 is 11.4 Å². The first kappa shape index (κ1) is 23.5. The molecule has 0 aliphatic carbocycles. The van der Waals surface area contributed by atoms with Gasteiger partial charge in [0, 0.05) is 14.1 Å². The minimum atomic E-state index is -1.20. The highest BCUT2D eigenvalue weighted by Crippen LogP contribution is 2.24. The van der Waals surface area contributed by atoms with E-state index in [4.69, 9.17) is 33.3 Å². The normalized spacial score (nSPS) is 11.8. The summed E-state index contributed by atoms with van der Waals surface area (Å²) < 4.78 is 26.9. The highest BCUT2D eigenvalue weighted by Gasteiger charge is 2.26. The van der Waals surface area contributed by atoms with Crippen LogP contribution in [0.2, 0.25) is 5.02 Å². The van der Waals surface area contributed by atoms with Gasteiger partial charge in [0.1, 0.15) is 5.82 Å². The molecule has 0 fully saturated rings. The number of rotatable bonds is 6. The van der Waals surface area contributed by atoms with Crippen LogP contribution in [0.1, 0.15) is 30.6 Å². The first-order chi connectivity index (χ1) is 14.0. The van der Waals surface area contributed by atoms with Crippen LogP contribution in [0.4, 0.5) is 4.39 Å². The number of nitrogens with zero attached hydrogens (tertiary/aromatic N) is 3. The molecular weight excluding hydrogens is 441 g/mol. The van der Waals surface area contributed by atoms with E-state index in [1.165, 1.54) is 14.1 Å². The summed E-state index contributed by atoms with van der Waals surface area (Å²) in [6.07, 6.45) is -1.07. The van der Waals surface area contributed by atoms with Crippen LogP contribution >= 0.6 is 23.8 Å². The molecule has 30 heavy (non-hydrogen) atoms. The zero-order chi connectivity index (χ0) is 22.7. The number of carbonyl (C=O) groups is 2. The summed E-state index contributed by atoms with van der Waals surface area (Å²) in [5, 5.41) is -0.325. The molecule has 0 spiro atoms. The molecule has 1 atom stereocenters. The molecular formula is C18H19ClFN3O6S. The maximum Gasteiger partial charge on any atom is 0.347 e. The fourth-order valence-corrected chi connectivity index (χ4v) is 2.95. The summed E-state index contributed by atoms with van der Waals surface area (Å²) in [6.45, 7) is 3.30.